The zero-order valence-electron chi connectivity index (χ0n) is 10.2. The summed E-state index contributed by atoms with van der Waals surface area (Å²) in [5.41, 5.74) is 0.563. The van der Waals surface area contributed by atoms with Crippen LogP contribution < -0.4 is 5.32 Å². The maximum absolute atomic E-state index is 3.63. The van der Waals surface area contributed by atoms with Crippen molar-refractivity contribution in [3.63, 3.8) is 0 Å². The van der Waals surface area contributed by atoms with Gasteiger partial charge in [-0.25, -0.2) is 0 Å². The van der Waals surface area contributed by atoms with Crippen molar-refractivity contribution in [3.8, 4) is 0 Å². The van der Waals surface area contributed by atoms with E-state index in [0.717, 1.165) is 6.04 Å². The zero-order valence-corrected chi connectivity index (χ0v) is 10.2. The first-order chi connectivity index (χ1) is 6.64. The van der Waals surface area contributed by atoms with Crippen molar-refractivity contribution in [2.24, 2.45) is 5.41 Å². The average Bonchev–Trinajstić information content (AvgIpc) is 2.17. The maximum atomic E-state index is 3.63. The molecular formula is C13H27N. The van der Waals surface area contributed by atoms with Crippen LogP contribution in [0.25, 0.3) is 0 Å². The zero-order chi connectivity index (χ0) is 10.4. The molecule has 1 heterocycles. The van der Waals surface area contributed by atoms with Gasteiger partial charge in [-0.15, -0.1) is 0 Å². The molecule has 0 aromatic carbocycles. The smallest absolute Gasteiger partial charge is 0.00672 e. The van der Waals surface area contributed by atoms with Crippen LogP contribution in [0.4, 0.5) is 0 Å². The van der Waals surface area contributed by atoms with Gasteiger partial charge in [0.05, 0.1) is 0 Å². The van der Waals surface area contributed by atoms with Crippen molar-refractivity contribution in [3.05, 3.63) is 0 Å². The van der Waals surface area contributed by atoms with Crippen molar-refractivity contribution in [2.45, 2.75) is 71.8 Å². The van der Waals surface area contributed by atoms with E-state index in [-0.39, 0.29) is 0 Å². The minimum Gasteiger partial charge on any atom is -0.314 e. The van der Waals surface area contributed by atoms with Gasteiger partial charge in [-0.05, 0) is 44.1 Å². The number of nitrogens with one attached hydrogen (secondary N) is 1. The molecule has 0 spiro atoms. The molecule has 1 atom stereocenters. The summed E-state index contributed by atoms with van der Waals surface area (Å²) in [4.78, 5) is 0. The van der Waals surface area contributed by atoms with Gasteiger partial charge in [-0.2, -0.15) is 0 Å². The minimum absolute atomic E-state index is 0.563. The summed E-state index contributed by atoms with van der Waals surface area (Å²) in [5.74, 6) is 0. The molecule has 1 heteroatoms. The quantitative estimate of drug-likeness (QED) is 0.708. The van der Waals surface area contributed by atoms with E-state index < -0.39 is 0 Å². The fourth-order valence-corrected chi connectivity index (χ4v) is 2.54. The van der Waals surface area contributed by atoms with E-state index in [9.17, 15) is 0 Å². The third-order valence-electron chi connectivity index (χ3n) is 3.51. The molecule has 0 amide bonds. The Morgan fingerprint density at radius 2 is 2.00 bits per heavy atom. The summed E-state index contributed by atoms with van der Waals surface area (Å²) >= 11 is 0. The Hall–Kier alpha value is -0.0400. The lowest BCUT2D eigenvalue weighted by molar-refractivity contribution is 0.262. The molecule has 1 rings (SSSR count). The Bertz CT molecular complexity index is 145. The highest BCUT2D eigenvalue weighted by Gasteiger charge is 2.20. The molecule has 1 aliphatic heterocycles. The van der Waals surface area contributed by atoms with E-state index in [1.165, 1.54) is 51.5 Å². The molecule has 1 unspecified atom stereocenters. The van der Waals surface area contributed by atoms with Crippen LogP contribution in [0.5, 0.6) is 0 Å². The first kappa shape index (κ1) is 12.0. The Morgan fingerprint density at radius 3 is 2.57 bits per heavy atom. The molecule has 1 saturated heterocycles. The van der Waals surface area contributed by atoms with Crippen LogP contribution in [-0.4, -0.2) is 12.6 Å². The number of hydrogen-bond donors (Lipinski definition) is 1. The van der Waals surface area contributed by atoms with E-state index in [0.29, 0.717) is 5.41 Å². The van der Waals surface area contributed by atoms with Crippen molar-refractivity contribution in [1.29, 1.82) is 0 Å². The topological polar surface area (TPSA) is 12.0 Å². The molecule has 0 saturated carbocycles. The largest absolute Gasteiger partial charge is 0.314 e. The fourth-order valence-electron chi connectivity index (χ4n) is 2.54. The number of piperidine rings is 1. The van der Waals surface area contributed by atoms with E-state index in [4.69, 9.17) is 0 Å². The van der Waals surface area contributed by atoms with Gasteiger partial charge in [0.2, 0.25) is 0 Å². The second-order valence-corrected chi connectivity index (χ2v) is 5.60. The van der Waals surface area contributed by atoms with Gasteiger partial charge in [0.25, 0.3) is 0 Å². The molecule has 1 fully saturated rings. The van der Waals surface area contributed by atoms with Crippen LogP contribution in [0.3, 0.4) is 0 Å². The molecule has 0 aromatic rings. The SMILES string of the molecule is CCCC(C)(C)CCC1CCCCN1. The molecule has 0 aromatic heterocycles. The highest BCUT2D eigenvalue weighted by Crippen LogP contribution is 2.29. The Morgan fingerprint density at radius 1 is 1.21 bits per heavy atom. The van der Waals surface area contributed by atoms with Crippen LogP contribution in [0.15, 0.2) is 0 Å². The predicted octanol–water partition coefficient (Wildman–Crippen LogP) is 3.74. The molecule has 1 aliphatic rings. The number of rotatable bonds is 5. The molecule has 0 aliphatic carbocycles. The van der Waals surface area contributed by atoms with Gasteiger partial charge in [0, 0.05) is 6.04 Å². The lowest BCUT2D eigenvalue weighted by Crippen LogP contribution is -2.34. The van der Waals surface area contributed by atoms with E-state index >= 15 is 0 Å². The predicted molar refractivity (Wildman–Crippen MR) is 63.6 cm³/mol. The molecule has 14 heavy (non-hydrogen) atoms. The second kappa shape index (κ2) is 5.75. The van der Waals surface area contributed by atoms with Crippen LogP contribution in [-0.2, 0) is 0 Å². The fraction of sp³-hybridized carbons (Fsp3) is 1.00. The summed E-state index contributed by atoms with van der Waals surface area (Å²) < 4.78 is 0. The molecule has 0 bridgehead atoms. The highest BCUT2D eigenvalue weighted by atomic mass is 14.9. The van der Waals surface area contributed by atoms with Crippen molar-refractivity contribution in [1.82, 2.24) is 5.32 Å². The standard InChI is InChI=1S/C13H27N/c1-4-9-13(2,3)10-8-12-7-5-6-11-14-12/h12,14H,4-11H2,1-3H3. The summed E-state index contributed by atoms with van der Waals surface area (Å²) in [6.45, 7) is 8.37. The van der Waals surface area contributed by atoms with Gasteiger partial charge >= 0.3 is 0 Å². The summed E-state index contributed by atoms with van der Waals surface area (Å²) in [7, 11) is 0. The van der Waals surface area contributed by atoms with E-state index in [2.05, 4.69) is 26.1 Å². The van der Waals surface area contributed by atoms with Gasteiger partial charge in [0.15, 0.2) is 0 Å². The molecule has 0 radical (unpaired) electrons. The first-order valence-electron chi connectivity index (χ1n) is 6.37. The second-order valence-electron chi connectivity index (χ2n) is 5.60. The normalized spacial score (nSPS) is 23.8. The average molecular weight is 197 g/mol. The van der Waals surface area contributed by atoms with Gasteiger partial charge in [-0.3, -0.25) is 0 Å². The van der Waals surface area contributed by atoms with Crippen molar-refractivity contribution >= 4 is 0 Å². The Kier molecular flexibility index (Phi) is 4.94. The maximum Gasteiger partial charge on any atom is 0.00672 e. The van der Waals surface area contributed by atoms with Crippen LogP contribution in [0.1, 0.15) is 65.7 Å². The monoisotopic (exact) mass is 197 g/mol. The van der Waals surface area contributed by atoms with E-state index in [1.807, 2.05) is 0 Å². The third-order valence-corrected chi connectivity index (χ3v) is 3.51. The summed E-state index contributed by atoms with van der Waals surface area (Å²) in [6, 6.07) is 0.819. The van der Waals surface area contributed by atoms with Crippen molar-refractivity contribution < 1.29 is 0 Å². The summed E-state index contributed by atoms with van der Waals surface area (Å²) in [6.07, 6.45) is 9.69. The summed E-state index contributed by atoms with van der Waals surface area (Å²) in [5, 5.41) is 3.63. The molecular weight excluding hydrogens is 170 g/mol. The van der Waals surface area contributed by atoms with Gasteiger partial charge in [-0.1, -0.05) is 33.6 Å². The van der Waals surface area contributed by atoms with Crippen molar-refractivity contribution in [2.75, 3.05) is 6.54 Å². The molecule has 1 N–H and O–H groups in total. The van der Waals surface area contributed by atoms with Crippen LogP contribution in [0.2, 0.25) is 0 Å². The van der Waals surface area contributed by atoms with Crippen LogP contribution >= 0.6 is 0 Å². The highest BCUT2D eigenvalue weighted by molar-refractivity contribution is 4.76. The van der Waals surface area contributed by atoms with E-state index in [1.54, 1.807) is 0 Å². The third kappa shape index (κ3) is 4.45. The minimum atomic E-state index is 0.563. The lowest BCUT2D eigenvalue weighted by atomic mass is 9.81. The number of hydrogen-bond acceptors (Lipinski definition) is 1. The van der Waals surface area contributed by atoms with Gasteiger partial charge < -0.3 is 5.32 Å². The molecule has 84 valence electrons. The Balaban J connectivity index is 2.17. The first-order valence-corrected chi connectivity index (χ1v) is 6.37. The molecule has 1 nitrogen and oxygen atoms in total. The van der Waals surface area contributed by atoms with Gasteiger partial charge in [0.1, 0.15) is 0 Å². The van der Waals surface area contributed by atoms with Crippen LogP contribution in [0, 0.1) is 5.41 Å². The lowest BCUT2D eigenvalue weighted by Gasteiger charge is -2.29. The Labute approximate surface area is 89.7 Å².